The van der Waals surface area contributed by atoms with Gasteiger partial charge < -0.3 is 10.1 Å². The van der Waals surface area contributed by atoms with Gasteiger partial charge in [0.15, 0.2) is 0 Å². The van der Waals surface area contributed by atoms with Crippen LogP contribution in [0.4, 0.5) is 5.69 Å². The van der Waals surface area contributed by atoms with Gasteiger partial charge in [-0.3, -0.25) is 4.79 Å². The minimum Gasteiger partial charge on any atom is -0.495 e. The summed E-state index contributed by atoms with van der Waals surface area (Å²) in [4.78, 5) is 12.1. The van der Waals surface area contributed by atoms with Crippen LogP contribution in [0, 0.1) is 0 Å². The Labute approximate surface area is 149 Å². The molecule has 0 aromatic heterocycles. The minimum atomic E-state index is -0.198. The Morgan fingerprint density at radius 3 is 2.52 bits per heavy atom. The summed E-state index contributed by atoms with van der Waals surface area (Å²) >= 11 is 0. The zero-order chi connectivity index (χ0) is 17.9. The van der Waals surface area contributed by atoms with Crippen LogP contribution in [0.25, 0.3) is 0 Å². The van der Waals surface area contributed by atoms with Crippen molar-refractivity contribution in [2.45, 2.75) is 26.2 Å². The third-order valence-electron chi connectivity index (χ3n) is 3.74. The molecule has 2 rings (SSSR count). The smallest absolute Gasteiger partial charge is 0.259 e. The molecule has 2 N–H and O–H groups in total. The second kappa shape index (κ2) is 10.1. The lowest BCUT2D eigenvalue weighted by Crippen LogP contribution is -2.27. The third-order valence-corrected chi connectivity index (χ3v) is 3.74. The number of rotatable bonds is 9. The van der Waals surface area contributed by atoms with E-state index < -0.39 is 0 Å². The molecule has 0 heterocycles. The molecule has 0 saturated carbocycles. The summed E-state index contributed by atoms with van der Waals surface area (Å²) in [6.45, 7) is 2.26. The Morgan fingerprint density at radius 1 is 1.08 bits per heavy atom. The van der Waals surface area contributed by atoms with Crippen LogP contribution in [-0.4, -0.2) is 25.3 Å². The number of benzene rings is 2. The van der Waals surface area contributed by atoms with Crippen molar-refractivity contribution in [2.24, 2.45) is 5.10 Å². The number of para-hydroxylation sites is 2. The Balaban J connectivity index is 1.96. The Hall–Kier alpha value is -2.82. The van der Waals surface area contributed by atoms with E-state index in [1.54, 1.807) is 7.11 Å². The number of ether oxygens (including phenoxy) is 1. The molecule has 2 aromatic carbocycles. The number of hydrogen-bond acceptors (Lipinski definition) is 4. The maximum absolute atomic E-state index is 12.1. The second-order valence-electron chi connectivity index (χ2n) is 5.62. The molecular weight excluding hydrogens is 314 g/mol. The van der Waals surface area contributed by atoms with Crippen LogP contribution in [0.15, 0.2) is 59.7 Å². The van der Waals surface area contributed by atoms with Crippen LogP contribution in [0.2, 0.25) is 0 Å². The zero-order valence-electron chi connectivity index (χ0n) is 14.8. The fraction of sp³-hybridized carbons (Fsp3) is 0.300. The number of hydrazone groups is 1. The van der Waals surface area contributed by atoms with Gasteiger partial charge in [-0.15, -0.1) is 0 Å². The molecule has 0 fully saturated rings. The molecule has 0 aliphatic carbocycles. The molecule has 132 valence electrons. The van der Waals surface area contributed by atoms with E-state index in [1.807, 2.05) is 54.6 Å². The number of carbonyl (C=O) groups excluding carboxylic acids is 1. The lowest BCUT2D eigenvalue weighted by Gasteiger charge is -2.10. The first-order valence-corrected chi connectivity index (χ1v) is 8.52. The van der Waals surface area contributed by atoms with E-state index in [2.05, 4.69) is 22.8 Å². The highest BCUT2D eigenvalue weighted by atomic mass is 16.5. The van der Waals surface area contributed by atoms with Crippen molar-refractivity contribution in [1.82, 2.24) is 5.43 Å². The van der Waals surface area contributed by atoms with E-state index in [1.165, 1.54) is 0 Å². The highest BCUT2D eigenvalue weighted by Crippen LogP contribution is 2.22. The summed E-state index contributed by atoms with van der Waals surface area (Å²) in [5, 5.41) is 7.40. The Kier molecular flexibility index (Phi) is 7.50. The van der Waals surface area contributed by atoms with Gasteiger partial charge in [0.25, 0.3) is 5.91 Å². The molecule has 0 spiro atoms. The fourth-order valence-electron chi connectivity index (χ4n) is 2.38. The number of hydrogen-bond donors (Lipinski definition) is 2. The second-order valence-corrected chi connectivity index (χ2v) is 5.62. The highest BCUT2D eigenvalue weighted by molar-refractivity contribution is 6.01. The van der Waals surface area contributed by atoms with Crippen molar-refractivity contribution < 1.29 is 9.53 Å². The van der Waals surface area contributed by atoms with E-state index >= 15 is 0 Å². The van der Waals surface area contributed by atoms with Gasteiger partial charge in [-0.1, -0.05) is 55.8 Å². The quantitative estimate of drug-likeness (QED) is 0.539. The molecule has 0 unspecified atom stereocenters. The van der Waals surface area contributed by atoms with Gasteiger partial charge >= 0.3 is 0 Å². The van der Waals surface area contributed by atoms with Crippen LogP contribution in [-0.2, 0) is 4.79 Å². The van der Waals surface area contributed by atoms with Crippen LogP contribution < -0.4 is 15.5 Å². The maximum atomic E-state index is 12.1. The van der Waals surface area contributed by atoms with E-state index in [4.69, 9.17) is 4.74 Å². The first-order valence-electron chi connectivity index (χ1n) is 8.52. The van der Waals surface area contributed by atoms with Gasteiger partial charge in [0, 0.05) is 0 Å². The number of amides is 1. The number of anilines is 1. The predicted octanol–water partition coefficient (Wildman–Crippen LogP) is 3.82. The third kappa shape index (κ3) is 5.95. The van der Waals surface area contributed by atoms with Gasteiger partial charge in [0.1, 0.15) is 5.75 Å². The van der Waals surface area contributed by atoms with Crippen molar-refractivity contribution in [1.29, 1.82) is 0 Å². The van der Waals surface area contributed by atoms with Crippen molar-refractivity contribution in [3.05, 3.63) is 60.2 Å². The van der Waals surface area contributed by atoms with Crippen molar-refractivity contribution in [2.75, 3.05) is 19.0 Å². The molecule has 0 bridgehead atoms. The SMILES string of the molecule is CCCC/C(=N/NC(=O)CNc1ccccc1OC)c1ccccc1. The van der Waals surface area contributed by atoms with E-state index in [9.17, 15) is 4.79 Å². The molecule has 25 heavy (non-hydrogen) atoms. The normalized spacial score (nSPS) is 11.0. The molecule has 0 aliphatic rings. The average molecular weight is 339 g/mol. The molecule has 0 atom stereocenters. The number of nitrogens with one attached hydrogen (secondary N) is 2. The maximum Gasteiger partial charge on any atom is 0.259 e. The molecular formula is C20H25N3O2. The Bertz CT molecular complexity index is 699. The number of unbranched alkanes of at least 4 members (excludes halogenated alkanes) is 1. The van der Waals surface area contributed by atoms with Crippen LogP contribution in [0.5, 0.6) is 5.75 Å². The fourth-order valence-corrected chi connectivity index (χ4v) is 2.38. The summed E-state index contributed by atoms with van der Waals surface area (Å²) in [5.74, 6) is 0.502. The molecule has 0 aliphatic heterocycles. The summed E-state index contributed by atoms with van der Waals surface area (Å²) in [6, 6.07) is 17.4. The van der Waals surface area contributed by atoms with E-state index in [-0.39, 0.29) is 12.5 Å². The molecule has 0 saturated heterocycles. The van der Waals surface area contributed by atoms with Crippen molar-refractivity contribution >= 4 is 17.3 Å². The number of methoxy groups -OCH3 is 1. The van der Waals surface area contributed by atoms with Gasteiger partial charge in [0.05, 0.1) is 25.1 Å². The lowest BCUT2D eigenvalue weighted by atomic mass is 10.1. The van der Waals surface area contributed by atoms with Gasteiger partial charge in [-0.05, 0) is 30.5 Å². The van der Waals surface area contributed by atoms with Crippen molar-refractivity contribution in [3.8, 4) is 5.75 Å². The summed E-state index contributed by atoms with van der Waals surface area (Å²) < 4.78 is 5.26. The molecule has 5 nitrogen and oxygen atoms in total. The lowest BCUT2D eigenvalue weighted by molar-refractivity contribution is -0.119. The Morgan fingerprint density at radius 2 is 1.80 bits per heavy atom. The summed E-state index contributed by atoms with van der Waals surface area (Å²) in [7, 11) is 1.60. The topological polar surface area (TPSA) is 62.7 Å². The standard InChI is InChI=1S/C20H25N3O2/c1-3-4-12-17(16-10-6-5-7-11-16)22-23-20(24)15-21-18-13-8-9-14-19(18)25-2/h5-11,13-14,21H,3-4,12,15H2,1-2H3,(H,23,24)/b22-17-. The largest absolute Gasteiger partial charge is 0.495 e. The van der Waals surface area contributed by atoms with Crippen molar-refractivity contribution in [3.63, 3.8) is 0 Å². The minimum absolute atomic E-state index is 0.125. The molecule has 0 radical (unpaired) electrons. The van der Waals surface area contributed by atoms with Crippen LogP contribution in [0.1, 0.15) is 31.7 Å². The molecule has 1 amide bonds. The first kappa shape index (κ1) is 18.5. The summed E-state index contributed by atoms with van der Waals surface area (Å²) in [6.07, 6.45) is 2.94. The van der Waals surface area contributed by atoms with Gasteiger partial charge in [-0.2, -0.15) is 5.10 Å². The van der Waals surface area contributed by atoms with E-state index in [0.717, 1.165) is 36.2 Å². The predicted molar refractivity (Wildman–Crippen MR) is 102 cm³/mol. The van der Waals surface area contributed by atoms with Crippen LogP contribution in [0.3, 0.4) is 0 Å². The highest BCUT2D eigenvalue weighted by Gasteiger charge is 2.06. The van der Waals surface area contributed by atoms with Gasteiger partial charge in [-0.25, -0.2) is 5.43 Å². The average Bonchev–Trinajstić information content (AvgIpc) is 2.67. The monoisotopic (exact) mass is 339 g/mol. The summed E-state index contributed by atoms with van der Waals surface area (Å²) in [5.41, 5.74) is 5.35. The molecule has 5 heteroatoms. The van der Waals surface area contributed by atoms with Gasteiger partial charge in [0.2, 0.25) is 0 Å². The first-order chi connectivity index (χ1) is 12.2. The van der Waals surface area contributed by atoms with E-state index in [0.29, 0.717) is 5.75 Å². The number of carbonyl (C=O) groups is 1. The van der Waals surface area contributed by atoms with Crippen LogP contribution >= 0.6 is 0 Å². The zero-order valence-corrected chi connectivity index (χ0v) is 14.8. The molecule has 2 aromatic rings. The number of nitrogens with zero attached hydrogens (tertiary/aromatic N) is 1.